The van der Waals surface area contributed by atoms with Gasteiger partial charge >= 0.3 is 0 Å². The van der Waals surface area contributed by atoms with Gasteiger partial charge in [0.25, 0.3) is 0 Å². The molecular weight excluding hydrogens is 246 g/mol. The van der Waals surface area contributed by atoms with Crippen molar-refractivity contribution < 1.29 is 4.42 Å². The molecule has 0 spiro atoms. The molecule has 2 heterocycles. The van der Waals surface area contributed by atoms with Crippen LogP contribution in [0.25, 0.3) is 11.0 Å². The molecule has 1 unspecified atom stereocenters. The number of rotatable bonds is 2. The van der Waals surface area contributed by atoms with Crippen molar-refractivity contribution in [2.45, 2.75) is 51.0 Å². The summed E-state index contributed by atoms with van der Waals surface area (Å²) in [5.41, 5.74) is 2.46. The van der Waals surface area contributed by atoms with Crippen LogP contribution in [0, 0.1) is 12.8 Å². The summed E-state index contributed by atoms with van der Waals surface area (Å²) in [7, 11) is 0. The molecule has 106 valence electrons. The normalized spacial score (nSPS) is 27.6. The van der Waals surface area contributed by atoms with Crippen LogP contribution in [-0.2, 0) is 5.54 Å². The first-order valence-electron chi connectivity index (χ1n) is 8.04. The summed E-state index contributed by atoms with van der Waals surface area (Å²) in [6.45, 7) is 3.28. The first-order chi connectivity index (χ1) is 9.78. The Bertz CT molecular complexity index is 615. The number of aryl methyl sites for hydroxylation is 1. The van der Waals surface area contributed by atoms with E-state index in [0.29, 0.717) is 0 Å². The zero-order valence-corrected chi connectivity index (χ0v) is 12.2. The Morgan fingerprint density at radius 3 is 2.90 bits per heavy atom. The van der Waals surface area contributed by atoms with Crippen molar-refractivity contribution in [1.29, 1.82) is 0 Å². The number of hydrogen-bond donors (Lipinski definition) is 1. The van der Waals surface area contributed by atoms with Gasteiger partial charge in [0.05, 0.1) is 5.54 Å². The van der Waals surface area contributed by atoms with Gasteiger partial charge in [0.15, 0.2) is 0 Å². The Labute approximate surface area is 120 Å². The van der Waals surface area contributed by atoms with E-state index in [1.807, 2.05) is 0 Å². The van der Waals surface area contributed by atoms with Gasteiger partial charge in [0, 0.05) is 5.39 Å². The fourth-order valence-corrected chi connectivity index (χ4v) is 3.82. The van der Waals surface area contributed by atoms with Crippen LogP contribution in [0.2, 0.25) is 0 Å². The van der Waals surface area contributed by atoms with E-state index in [1.165, 1.54) is 55.2 Å². The zero-order valence-electron chi connectivity index (χ0n) is 12.2. The standard InChI is InChI=1S/C18H23NO/c1-13-5-8-16-14(11-13)12-17(20-16)18(15-6-7-15)9-3-2-4-10-19-18/h5,8,11-12,15,19H,2-4,6-7,9-10H2,1H3. The Kier molecular flexibility index (Phi) is 2.88. The lowest BCUT2D eigenvalue weighted by molar-refractivity contribution is 0.231. The fraction of sp³-hybridized carbons (Fsp3) is 0.556. The number of furan rings is 1. The van der Waals surface area contributed by atoms with Gasteiger partial charge in [-0.15, -0.1) is 0 Å². The summed E-state index contributed by atoms with van der Waals surface area (Å²) >= 11 is 0. The van der Waals surface area contributed by atoms with Crippen LogP contribution >= 0.6 is 0 Å². The van der Waals surface area contributed by atoms with E-state index in [2.05, 4.69) is 36.5 Å². The average Bonchev–Trinajstić information content (AvgIpc) is 3.23. The fourth-order valence-electron chi connectivity index (χ4n) is 3.82. The molecule has 2 heteroatoms. The molecule has 2 fully saturated rings. The minimum Gasteiger partial charge on any atom is -0.459 e. The smallest absolute Gasteiger partial charge is 0.134 e. The lowest BCUT2D eigenvalue weighted by Gasteiger charge is -2.32. The second-order valence-corrected chi connectivity index (χ2v) is 6.63. The Morgan fingerprint density at radius 1 is 1.15 bits per heavy atom. The van der Waals surface area contributed by atoms with Crippen LogP contribution < -0.4 is 5.32 Å². The molecule has 1 aliphatic carbocycles. The summed E-state index contributed by atoms with van der Waals surface area (Å²) in [6, 6.07) is 8.78. The summed E-state index contributed by atoms with van der Waals surface area (Å²) in [4.78, 5) is 0. The quantitative estimate of drug-likeness (QED) is 0.867. The summed E-state index contributed by atoms with van der Waals surface area (Å²) in [6.07, 6.45) is 7.90. The first kappa shape index (κ1) is 12.5. The van der Waals surface area contributed by atoms with Crippen molar-refractivity contribution in [3.05, 3.63) is 35.6 Å². The van der Waals surface area contributed by atoms with Crippen LogP contribution in [0.4, 0.5) is 0 Å². The highest BCUT2D eigenvalue weighted by Gasteiger charge is 2.48. The van der Waals surface area contributed by atoms with E-state index in [9.17, 15) is 0 Å². The monoisotopic (exact) mass is 269 g/mol. The number of benzene rings is 1. The third-order valence-electron chi connectivity index (χ3n) is 5.07. The molecule has 20 heavy (non-hydrogen) atoms. The van der Waals surface area contributed by atoms with Crippen LogP contribution in [0.15, 0.2) is 28.7 Å². The maximum atomic E-state index is 6.26. The maximum Gasteiger partial charge on any atom is 0.134 e. The van der Waals surface area contributed by atoms with Crippen molar-refractivity contribution >= 4 is 11.0 Å². The maximum absolute atomic E-state index is 6.26. The molecule has 4 rings (SSSR count). The predicted molar refractivity (Wildman–Crippen MR) is 81.8 cm³/mol. The highest BCUT2D eigenvalue weighted by atomic mass is 16.3. The molecule has 1 aromatic carbocycles. The van der Waals surface area contributed by atoms with Gasteiger partial charge in [0.1, 0.15) is 11.3 Å². The molecule has 0 bridgehead atoms. The molecule has 1 aromatic heterocycles. The predicted octanol–water partition coefficient (Wildman–Crippen LogP) is 4.51. The van der Waals surface area contributed by atoms with Gasteiger partial charge in [-0.1, -0.05) is 24.5 Å². The zero-order chi connectivity index (χ0) is 13.6. The molecule has 1 atom stereocenters. The minimum absolute atomic E-state index is 0.115. The topological polar surface area (TPSA) is 25.2 Å². The van der Waals surface area contributed by atoms with E-state index in [1.54, 1.807) is 0 Å². The highest BCUT2D eigenvalue weighted by Crippen LogP contribution is 2.50. The van der Waals surface area contributed by atoms with Gasteiger partial charge in [-0.2, -0.15) is 0 Å². The van der Waals surface area contributed by atoms with E-state index in [4.69, 9.17) is 4.42 Å². The van der Waals surface area contributed by atoms with E-state index >= 15 is 0 Å². The molecule has 1 aliphatic heterocycles. The number of fused-ring (bicyclic) bond motifs is 1. The van der Waals surface area contributed by atoms with Gasteiger partial charge in [0.2, 0.25) is 0 Å². The third kappa shape index (κ3) is 1.98. The largest absolute Gasteiger partial charge is 0.459 e. The summed E-state index contributed by atoms with van der Waals surface area (Å²) in [5, 5.41) is 5.11. The number of hydrogen-bond acceptors (Lipinski definition) is 2. The minimum atomic E-state index is 0.115. The van der Waals surface area contributed by atoms with Gasteiger partial charge in [-0.3, -0.25) is 0 Å². The van der Waals surface area contributed by atoms with Crippen LogP contribution in [-0.4, -0.2) is 6.54 Å². The van der Waals surface area contributed by atoms with Crippen molar-refractivity contribution in [3.8, 4) is 0 Å². The summed E-state index contributed by atoms with van der Waals surface area (Å²) in [5.74, 6) is 1.96. The molecule has 1 N–H and O–H groups in total. The molecule has 0 radical (unpaired) electrons. The molecule has 0 amide bonds. The second kappa shape index (κ2) is 4.63. The third-order valence-corrected chi connectivity index (χ3v) is 5.07. The van der Waals surface area contributed by atoms with Crippen LogP contribution in [0.5, 0.6) is 0 Å². The van der Waals surface area contributed by atoms with Crippen LogP contribution in [0.1, 0.15) is 49.8 Å². The molecule has 1 saturated heterocycles. The lowest BCUT2D eigenvalue weighted by atomic mass is 9.85. The van der Waals surface area contributed by atoms with Crippen molar-refractivity contribution in [1.82, 2.24) is 5.32 Å². The average molecular weight is 269 g/mol. The number of nitrogens with one attached hydrogen (secondary N) is 1. The van der Waals surface area contributed by atoms with Crippen LogP contribution in [0.3, 0.4) is 0 Å². The Hall–Kier alpha value is -1.28. The molecule has 1 saturated carbocycles. The first-order valence-corrected chi connectivity index (χ1v) is 8.04. The van der Waals surface area contributed by atoms with Crippen molar-refractivity contribution in [2.75, 3.05) is 6.54 Å². The van der Waals surface area contributed by atoms with E-state index in [-0.39, 0.29) is 5.54 Å². The Morgan fingerprint density at radius 2 is 2.05 bits per heavy atom. The van der Waals surface area contributed by atoms with Gasteiger partial charge < -0.3 is 9.73 Å². The molecule has 2 aromatic rings. The lowest BCUT2D eigenvalue weighted by Crippen LogP contribution is -2.43. The van der Waals surface area contributed by atoms with Crippen molar-refractivity contribution in [2.24, 2.45) is 5.92 Å². The highest BCUT2D eigenvalue weighted by molar-refractivity contribution is 5.79. The Balaban J connectivity index is 1.80. The van der Waals surface area contributed by atoms with Gasteiger partial charge in [-0.25, -0.2) is 0 Å². The molecular formula is C18H23NO. The van der Waals surface area contributed by atoms with Crippen molar-refractivity contribution in [3.63, 3.8) is 0 Å². The summed E-state index contributed by atoms with van der Waals surface area (Å²) < 4.78 is 6.26. The molecule has 2 aliphatic rings. The van der Waals surface area contributed by atoms with E-state index in [0.717, 1.165) is 18.0 Å². The SMILES string of the molecule is Cc1ccc2oc(C3(C4CC4)CCCCCN3)cc2c1. The molecule has 2 nitrogen and oxygen atoms in total. The van der Waals surface area contributed by atoms with E-state index < -0.39 is 0 Å². The van der Waals surface area contributed by atoms with Gasteiger partial charge in [-0.05, 0) is 63.3 Å². The second-order valence-electron chi connectivity index (χ2n) is 6.63.